The van der Waals surface area contributed by atoms with Crippen molar-refractivity contribution >= 4 is 0 Å². The molecule has 21 heavy (non-hydrogen) atoms. The van der Waals surface area contributed by atoms with Gasteiger partial charge in [-0.3, -0.25) is 4.90 Å². The molecule has 3 unspecified atom stereocenters. The van der Waals surface area contributed by atoms with E-state index in [0.29, 0.717) is 12.1 Å². The number of hydrogen-bond donors (Lipinski definition) is 1. The molecule has 2 heteroatoms. The van der Waals surface area contributed by atoms with Crippen molar-refractivity contribution in [2.45, 2.75) is 70.6 Å². The first-order valence-electron chi connectivity index (χ1n) is 8.76. The fraction of sp³-hybridized carbons (Fsp3) is 0.684. The summed E-state index contributed by atoms with van der Waals surface area (Å²) >= 11 is 0. The molecule has 1 saturated carbocycles. The van der Waals surface area contributed by atoms with Crippen LogP contribution in [0.4, 0.5) is 0 Å². The molecule has 0 amide bonds. The van der Waals surface area contributed by atoms with E-state index in [-0.39, 0.29) is 0 Å². The molecule has 1 N–H and O–H groups in total. The number of nitrogens with one attached hydrogen (secondary N) is 1. The summed E-state index contributed by atoms with van der Waals surface area (Å²) in [4.78, 5) is 2.63. The molecule has 1 aliphatic carbocycles. The monoisotopic (exact) mass is 286 g/mol. The lowest BCUT2D eigenvalue weighted by Crippen LogP contribution is -2.42. The Balaban J connectivity index is 1.58. The molecule has 1 aliphatic heterocycles. The van der Waals surface area contributed by atoms with Crippen LogP contribution in [-0.4, -0.2) is 29.6 Å². The summed E-state index contributed by atoms with van der Waals surface area (Å²) in [6, 6.07) is 13.0. The summed E-state index contributed by atoms with van der Waals surface area (Å²) in [6.45, 7) is 6.92. The molecule has 2 fully saturated rings. The molecule has 116 valence electrons. The van der Waals surface area contributed by atoms with Crippen LogP contribution >= 0.6 is 0 Å². The highest BCUT2D eigenvalue weighted by atomic mass is 15.2. The van der Waals surface area contributed by atoms with Crippen molar-refractivity contribution < 1.29 is 0 Å². The van der Waals surface area contributed by atoms with Gasteiger partial charge in [0.2, 0.25) is 0 Å². The number of benzene rings is 1. The fourth-order valence-corrected chi connectivity index (χ4v) is 4.13. The lowest BCUT2D eigenvalue weighted by molar-refractivity contribution is 0.192. The minimum Gasteiger partial charge on any atom is -0.310 e. The average Bonchev–Trinajstić information content (AvgIpc) is 2.90. The first-order valence-corrected chi connectivity index (χ1v) is 8.76. The fourth-order valence-electron chi connectivity index (χ4n) is 4.13. The van der Waals surface area contributed by atoms with Gasteiger partial charge in [-0.05, 0) is 44.6 Å². The van der Waals surface area contributed by atoms with Crippen molar-refractivity contribution in [1.82, 2.24) is 10.2 Å². The SMILES string of the molecule is CC(C)N(Cc1ccccc1)CC1CC2CCCCC2N1. The van der Waals surface area contributed by atoms with Gasteiger partial charge in [-0.1, -0.05) is 43.2 Å². The highest BCUT2D eigenvalue weighted by molar-refractivity contribution is 5.14. The van der Waals surface area contributed by atoms with Gasteiger partial charge in [-0.2, -0.15) is 0 Å². The van der Waals surface area contributed by atoms with Crippen molar-refractivity contribution in [1.29, 1.82) is 0 Å². The van der Waals surface area contributed by atoms with Gasteiger partial charge in [-0.25, -0.2) is 0 Å². The van der Waals surface area contributed by atoms with Crippen LogP contribution < -0.4 is 5.32 Å². The zero-order chi connectivity index (χ0) is 14.7. The molecule has 1 aromatic carbocycles. The van der Waals surface area contributed by atoms with Gasteiger partial charge in [0.1, 0.15) is 0 Å². The number of hydrogen-bond acceptors (Lipinski definition) is 2. The zero-order valence-corrected chi connectivity index (χ0v) is 13.6. The van der Waals surface area contributed by atoms with Crippen LogP contribution in [-0.2, 0) is 6.54 Å². The predicted molar refractivity (Wildman–Crippen MR) is 89.3 cm³/mol. The Morgan fingerprint density at radius 1 is 1.14 bits per heavy atom. The van der Waals surface area contributed by atoms with Gasteiger partial charge in [0.05, 0.1) is 0 Å². The quantitative estimate of drug-likeness (QED) is 0.885. The highest BCUT2D eigenvalue weighted by Gasteiger charge is 2.35. The van der Waals surface area contributed by atoms with Crippen LogP contribution in [0.1, 0.15) is 51.5 Å². The molecule has 2 aliphatic rings. The van der Waals surface area contributed by atoms with Crippen LogP contribution in [0.3, 0.4) is 0 Å². The van der Waals surface area contributed by atoms with Crippen LogP contribution in [0, 0.1) is 5.92 Å². The maximum Gasteiger partial charge on any atom is 0.0237 e. The van der Waals surface area contributed by atoms with E-state index in [2.05, 4.69) is 54.4 Å². The minimum absolute atomic E-state index is 0.606. The Bertz CT molecular complexity index is 414. The topological polar surface area (TPSA) is 15.3 Å². The predicted octanol–water partition coefficient (Wildman–Crippen LogP) is 3.82. The highest BCUT2D eigenvalue weighted by Crippen LogP contribution is 2.33. The van der Waals surface area contributed by atoms with Crippen molar-refractivity contribution in [2.75, 3.05) is 6.54 Å². The van der Waals surface area contributed by atoms with Gasteiger partial charge in [0.15, 0.2) is 0 Å². The number of nitrogens with zero attached hydrogens (tertiary/aromatic N) is 1. The van der Waals surface area contributed by atoms with E-state index in [1.165, 1.54) is 44.2 Å². The van der Waals surface area contributed by atoms with Gasteiger partial charge in [0.25, 0.3) is 0 Å². The Hall–Kier alpha value is -0.860. The van der Waals surface area contributed by atoms with Crippen LogP contribution in [0.15, 0.2) is 30.3 Å². The third kappa shape index (κ3) is 3.87. The zero-order valence-electron chi connectivity index (χ0n) is 13.6. The summed E-state index contributed by atoms with van der Waals surface area (Å²) in [5.41, 5.74) is 1.43. The third-order valence-electron chi connectivity index (χ3n) is 5.36. The maximum absolute atomic E-state index is 3.92. The van der Waals surface area contributed by atoms with E-state index in [1.807, 2.05) is 0 Å². The molecule has 1 heterocycles. The van der Waals surface area contributed by atoms with Gasteiger partial charge < -0.3 is 5.32 Å². The first-order chi connectivity index (χ1) is 10.2. The molecular formula is C19H30N2. The summed E-state index contributed by atoms with van der Waals surface area (Å²) in [7, 11) is 0. The largest absolute Gasteiger partial charge is 0.310 e. The molecule has 0 aromatic heterocycles. The Labute approximate surface area is 129 Å². The lowest BCUT2D eigenvalue weighted by Gasteiger charge is -2.29. The summed E-state index contributed by atoms with van der Waals surface area (Å²) in [6.07, 6.45) is 7.13. The minimum atomic E-state index is 0.606. The van der Waals surface area contributed by atoms with E-state index in [1.54, 1.807) is 0 Å². The smallest absolute Gasteiger partial charge is 0.0237 e. The third-order valence-corrected chi connectivity index (χ3v) is 5.36. The molecule has 3 rings (SSSR count). The first kappa shape index (κ1) is 15.1. The standard InChI is InChI=1S/C19H30N2/c1-15(2)21(13-16-8-4-3-5-9-16)14-18-12-17-10-6-7-11-19(17)20-18/h3-5,8-9,15,17-20H,6-7,10-14H2,1-2H3. The van der Waals surface area contributed by atoms with E-state index in [4.69, 9.17) is 0 Å². The Kier molecular flexibility index (Phi) is 4.97. The second-order valence-corrected chi connectivity index (χ2v) is 7.26. The van der Waals surface area contributed by atoms with Crippen molar-refractivity contribution in [3.63, 3.8) is 0 Å². The molecule has 0 spiro atoms. The van der Waals surface area contributed by atoms with Gasteiger partial charge >= 0.3 is 0 Å². The molecular weight excluding hydrogens is 256 g/mol. The summed E-state index contributed by atoms with van der Waals surface area (Å²) in [5.74, 6) is 0.953. The second kappa shape index (κ2) is 6.93. The van der Waals surface area contributed by atoms with Gasteiger partial charge in [0, 0.05) is 31.2 Å². The summed E-state index contributed by atoms with van der Waals surface area (Å²) < 4.78 is 0. The molecule has 1 aromatic rings. The van der Waals surface area contributed by atoms with Crippen molar-refractivity contribution in [2.24, 2.45) is 5.92 Å². The number of rotatable bonds is 5. The Morgan fingerprint density at radius 2 is 1.90 bits per heavy atom. The average molecular weight is 286 g/mol. The molecule has 0 radical (unpaired) electrons. The van der Waals surface area contributed by atoms with Crippen molar-refractivity contribution in [3.8, 4) is 0 Å². The van der Waals surface area contributed by atoms with Crippen LogP contribution in [0.5, 0.6) is 0 Å². The van der Waals surface area contributed by atoms with E-state index >= 15 is 0 Å². The van der Waals surface area contributed by atoms with E-state index in [9.17, 15) is 0 Å². The molecule has 0 bridgehead atoms. The van der Waals surface area contributed by atoms with Crippen LogP contribution in [0.25, 0.3) is 0 Å². The lowest BCUT2D eigenvalue weighted by atomic mass is 9.85. The summed E-state index contributed by atoms with van der Waals surface area (Å²) in [5, 5.41) is 3.92. The van der Waals surface area contributed by atoms with E-state index < -0.39 is 0 Å². The molecule has 1 saturated heterocycles. The Morgan fingerprint density at radius 3 is 2.62 bits per heavy atom. The van der Waals surface area contributed by atoms with Gasteiger partial charge in [-0.15, -0.1) is 0 Å². The maximum atomic E-state index is 3.92. The molecule has 3 atom stereocenters. The van der Waals surface area contributed by atoms with E-state index in [0.717, 1.165) is 18.5 Å². The normalized spacial score (nSPS) is 29.0. The molecule has 2 nitrogen and oxygen atoms in total. The second-order valence-electron chi connectivity index (χ2n) is 7.26. The van der Waals surface area contributed by atoms with Crippen LogP contribution in [0.2, 0.25) is 0 Å². The number of fused-ring (bicyclic) bond motifs is 1. The van der Waals surface area contributed by atoms with Crippen molar-refractivity contribution in [3.05, 3.63) is 35.9 Å².